The zero-order valence-electron chi connectivity index (χ0n) is 76.5. The molecule has 0 unspecified atom stereocenters. The van der Waals surface area contributed by atoms with Gasteiger partial charge in [-0.05, 0) is 138 Å². The Labute approximate surface area is 762 Å². The van der Waals surface area contributed by atoms with Crippen molar-refractivity contribution in [3.8, 4) is 28.4 Å². The summed E-state index contributed by atoms with van der Waals surface area (Å²) in [5, 5.41) is 55.0. The van der Waals surface area contributed by atoms with Gasteiger partial charge < -0.3 is 99.7 Å². The van der Waals surface area contributed by atoms with Crippen molar-refractivity contribution in [3.63, 3.8) is 0 Å². The minimum absolute atomic E-state index is 0.0169. The number of ketones is 3. The van der Waals surface area contributed by atoms with Crippen LogP contribution in [0.5, 0.6) is 5.75 Å². The van der Waals surface area contributed by atoms with Crippen LogP contribution in [0.1, 0.15) is 154 Å². The molecule has 12 rings (SSSR count). The third-order valence-electron chi connectivity index (χ3n) is 25.4. The summed E-state index contributed by atoms with van der Waals surface area (Å²) in [5.74, 6) is -7.47. The molecule has 15 atom stereocenters. The predicted octanol–water partition coefficient (Wildman–Crippen LogP) is 7.28. The standard InChI is InChI=1S/C93H129N19O19/c1-57-17-11-10-12-18-58(2)76(123-7)49-68-23-20-62(6)93(122,131-68)85(118)89(120)110-29-15-13-19-74(110)90(121)130-77(50-75(114)59(3)44-61(5)83(117)84(125-9)82(116)60(4)43-57)69(94)45-63-21-25-73(78(46-63)124-8)112-55-72(105-107-112)65-51-98-91(99-52-65)108-31-33-109(34-32-108)92-100-53-66(54-101-92)88(119)97-28-36-127-38-40-129-42-41-128-39-37-126-35-26-79(115)96-27-14-16-30-111-87-80(86(95)102-56-103-87)81(106-111)71-48-64-47-67(113)22-24-70(64)104-71/h10-12,17-18,22,24,44,47-48,51-57,59-60,62-63,68-69,73-74,76-78,83-84,104,113,117,122H,13-16,19-21,23,25-43,45-46,49-50,94H2,1-9H3,(H,96,115)(H,97,119)(H2,95,102,103)/b12-10+,17-11+,58-18+,61-44+/t57-,59-,60-,62-,63+,68+,69-,73+,74+,76+,77+,78-,83-,84+,93-/m1/s1. The molecular formula is C93H129N19O19. The topological polar surface area (TPSA) is 491 Å². The number of benzene rings is 1. The number of amides is 3. The van der Waals surface area contributed by atoms with Gasteiger partial charge in [0.15, 0.2) is 11.4 Å². The minimum atomic E-state index is -2.50. The van der Waals surface area contributed by atoms with E-state index in [0.717, 1.165) is 39.9 Å². The number of allylic oxidation sites excluding steroid dienone is 6. The van der Waals surface area contributed by atoms with E-state index in [4.69, 9.17) is 69.2 Å². The van der Waals surface area contributed by atoms with E-state index in [-0.39, 0.29) is 105 Å². The Morgan fingerprint density at radius 1 is 0.740 bits per heavy atom. The molecular weight excluding hydrogens is 1690 g/mol. The fourth-order valence-electron chi connectivity index (χ4n) is 17.7. The first-order valence-corrected chi connectivity index (χ1v) is 45.7. The SMILES string of the molecule is CO[C@H]1C[C@@H]2CC[C@@H](C)[C@@](O)(O2)C(=O)C(=O)N2CCCC[C@H]2C(=O)O[C@H]([C@H](N)C[C@@H]2CC[C@H](n3cc(-c4cnc(N5CCN(c6ncc(C(=O)NCCOCCOCCOCCOCCC(=O)NCCCCn7nc(-c8cc9cc(O)ccc9[nH]8)c8c(N)ncnc87)cn6)CC5)nc4)nn3)[C@H](OC)C2)CC(=O)[C@H](C)/C=C(\C)[C@@H](O)[C@@H](OC)C(=O)[C@H](C)C[C@H](C)/C=C/C=C/C=C/1C. The van der Waals surface area contributed by atoms with Gasteiger partial charge in [0.1, 0.15) is 59.4 Å². The predicted molar refractivity (Wildman–Crippen MR) is 486 cm³/mol. The fraction of sp³-hybridized carbons (Fsp3) is 0.591. The number of fused-ring (bicyclic) bond motifs is 5. The van der Waals surface area contributed by atoms with Gasteiger partial charge >= 0.3 is 5.97 Å². The number of nitrogens with two attached hydrogens (primary N) is 2. The highest BCUT2D eigenvalue weighted by Gasteiger charge is 2.53. The van der Waals surface area contributed by atoms with Crippen LogP contribution >= 0.6 is 0 Å². The fourth-order valence-corrected chi connectivity index (χ4v) is 17.7. The Hall–Kier alpha value is -10.8. The number of hydrogen-bond acceptors (Lipinski definition) is 32. The highest BCUT2D eigenvalue weighted by molar-refractivity contribution is 6.39. The average molecular weight is 1820 g/mol. The number of aliphatic hydroxyl groups is 2. The number of esters is 1. The van der Waals surface area contributed by atoms with E-state index in [1.807, 2.05) is 61.4 Å². The van der Waals surface area contributed by atoms with Crippen molar-refractivity contribution in [3.05, 3.63) is 115 Å². The van der Waals surface area contributed by atoms with Gasteiger partial charge in [-0.3, -0.25) is 28.8 Å². The van der Waals surface area contributed by atoms with E-state index in [1.54, 1.807) is 87.9 Å². The summed E-state index contributed by atoms with van der Waals surface area (Å²) >= 11 is 0. The number of aryl methyl sites for hydroxylation is 1. The summed E-state index contributed by atoms with van der Waals surface area (Å²) in [6.45, 7) is 16.9. The van der Waals surface area contributed by atoms with Gasteiger partial charge in [-0.25, -0.2) is 44.1 Å². The number of unbranched alkanes of at least 4 members (excludes halogenated alkanes) is 1. The normalized spacial score (nSPS) is 26.7. The molecule has 710 valence electrons. The Kier molecular flexibility index (Phi) is 36.4. The number of H-pyrrole nitrogens is 1. The number of methoxy groups -OCH3 is 3. The zero-order chi connectivity index (χ0) is 93.3. The van der Waals surface area contributed by atoms with Gasteiger partial charge in [-0.15, -0.1) is 5.10 Å². The van der Waals surface area contributed by atoms with Crippen LogP contribution < -0.4 is 31.9 Å². The maximum atomic E-state index is 14.8. The molecule has 2 bridgehead atoms. The second kappa shape index (κ2) is 48.0. The van der Waals surface area contributed by atoms with Crippen LogP contribution in [0.3, 0.4) is 0 Å². The number of phenols is 1. The lowest BCUT2D eigenvalue weighted by Crippen LogP contribution is -2.61. The number of carbonyl (C=O) groups is 7. The Morgan fingerprint density at radius 3 is 2.15 bits per heavy atom. The molecule has 4 aliphatic heterocycles. The molecule has 5 aliphatic rings. The summed E-state index contributed by atoms with van der Waals surface area (Å²) < 4.78 is 56.3. The maximum absolute atomic E-state index is 14.8. The minimum Gasteiger partial charge on any atom is -0.508 e. The number of aromatic nitrogens is 12. The van der Waals surface area contributed by atoms with Crippen LogP contribution in [0, 0.1) is 29.6 Å². The Morgan fingerprint density at radius 2 is 1.44 bits per heavy atom. The highest BCUT2D eigenvalue weighted by atomic mass is 16.6. The molecule has 6 aromatic heterocycles. The number of hydrogen-bond donors (Lipinski definition) is 8. The first kappa shape index (κ1) is 99.2. The molecule has 131 heavy (non-hydrogen) atoms. The molecule has 38 nitrogen and oxygen atoms in total. The molecule has 10 N–H and O–H groups in total. The van der Waals surface area contributed by atoms with Crippen LogP contribution in [0.25, 0.3) is 44.6 Å². The van der Waals surface area contributed by atoms with E-state index in [0.29, 0.717) is 194 Å². The van der Waals surface area contributed by atoms with Crippen molar-refractivity contribution in [1.29, 1.82) is 0 Å². The number of piperazine rings is 1. The number of phenolic OH excluding ortho intramolecular Hbond substituents is 1. The third kappa shape index (κ3) is 26.4. The number of rotatable bonds is 32. The number of piperidine rings is 1. The van der Waals surface area contributed by atoms with E-state index >= 15 is 0 Å². The zero-order valence-corrected chi connectivity index (χ0v) is 76.5. The molecule has 1 saturated carbocycles. The molecule has 0 spiro atoms. The molecule has 4 fully saturated rings. The average Bonchev–Trinajstić information content (AvgIpc) is 1.64. The molecule has 38 heteroatoms. The number of anilines is 3. The van der Waals surface area contributed by atoms with E-state index in [1.165, 1.54) is 25.8 Å². The van der Waals surface area contributed by atoms with Gasteiger partial charge in [-0.2, -0.15) is 5.10 Å². The van der Waals surface area contributed by atoms with Crippen LogP contribution in [0.2, 0.25) is 0 Å². The highest BCUT2D eigenvalue weighted by Crippen LogP contribution is 2.41. The molecule has 1 aromatic carbocycles. The number of carbonyl (C=O) groups excluding carboxylic acids is 7. The third-order valence-corrected chi connectivity index (χ3v) is 25.4. The molecule has 3 amide bonds. The van der Waals surface area contributed by atoms with Gasteiger partial charge in [0.25, 0.3) is 17.6 Å². The van der Waals surface area contributed by atoms with Crippen LogP contribution in [-0.2, 0) is 77.9 Å². The van der Waals surface area contributed by atoms with Crippen molar-refractivity contribution in [2.75, 3.05) is 136 Å². The van der Waals surface area contributed by atoms with Crippen molar-refractivity contribution in [2.45, 2.75) is 205 Å². The van der Waals surface area contributed by atoms with E-state index in [2.05, 4.69) is 50.8 Å². The van der Waals surface area contributed by atoms with E-state index < -0.39 is 83.8 Å². The number of cyclic esters (lactones) is 1. The van der Waals surface area contributed by atoms with Crippen LogP contribution in [-0.4, -0.2) is 295 Å². The number of nitrogens with one attached hydrogen (secondary N) is 3. The number of aliphatic hydroxyl groups excluding tert-OH is 1. The van der Waals surface area contributed by atoms with Gasteiger partial charge in [0, 0.05) is 158 Å². The molecule has 3 saturated heterocycles. The van der Waals surface area contributed by atoms with Gasteiger partial charge in [-0.1, -0.05) is 69.4 Å². The largest absolute Gasteiger partial charge is 0.508 e. The number of Topliss-reactive ketones (excluding diaryl/α,β-unsaturated/α-hetero) is 3. The quantitative estimate of drug-likeness (QED) is 0.00888. The summed E-state index contributed by atoms with van der Waals surface area (Å²) in [7, 11) is 4.56. The maximum Gasteiger partial charge on any atom is 0.329 e. The smallest absolute Gasteiger partial charge is 0.329 e. The Bertz CT molecular complexity index is 5090. The first-order valence-electron chi connectivity index (χ1n) is 45.7. The Balaban J connectivity index is 0.546. The summed E-state index contributed by atoms with van der Waals surface area (Å²) in [4.78, 5) is 134. The lowest BCUT2D eigenvalue weighted by Gasteiger charge is -2.42. The summed E-state index contributed by atoms with van der Waals surface area (Å²) in [6, 6.07) is 4.58. The molecule has 0 radical (unpaired) electrons. The monoisotopic (exact) mass is 1820 g/mol. The molecule has 7 aromatic rings. The number of ether oxygens (including phenoxy) is 9. The lowest BCUT2D eigenvalue weighted by molar-refractivity contribution is -0.265. The van der Waals surface area contributed by atoms with Crippen LogP contribution in [0.15, 0.2) is 109 Å². The van der Waals surface area contributed by atoms with Gasteiger partial charge in [0.2, 0.25) is 23.6 Å². The first-order chi connectivity index (χ1) is 63.2. The number of nitrogens with zero attached hydrogens (tertiary/aromatic N) is 14. The second-order valence-electron chi connectivity index (χ2n) is 34.9. The molecule has 10 heterocycles. The summed E-state index contributed by atoms with van der Waals surface area (Å²) in [6.07, 6.45) is 21.5. The summed E-state index contributed by atoms with van der Waals surface area (Å²) in [5.41, 5.74) is 19.0. The lowest BCUT2D eigenvalue weighted by atomic mass is 9.79. The van der Waals surface area contributed by atoms with Crippen molar-refractivity contribution in [1.82, 2.24) is 75.2 Å². The number of aromatic hydroxyl groups is 1. The van der Waals surface area contributed by atoms with Crippen molar-refractivity contribution >= 4 is 80.7 Å². The van der Waals surface area contributed by atoms with E-state index in [9.17, 15) is 48.9 Å². The van der Waals surface area contributed by atoms with Crippen LogP contribution in [0.4, 0.5) is 17.7 Å². The van der Waals surface area contributed by atoms with Gasteiger partial charge in [0.05, 0.1) is 100 Å². The number of aromatic amines is 1. The number of nitrogen functional groups attached to an aromatic ring is 1. The van der Waals surface area contributed by atoms with Crippen molar-refractivity contribution < 1.29 is 91.5 Å². The second-order valence-corrected chi connectivity index (χ2v) is 34.9. The molecule has 1 aliphatic carbocycles. The van der Waals surface area contributed by atoms with Crippen molar-refractivity contribution in [2.24, 2.45) is 35.3 Å².